The molecule has 2 rings (SSSR count). The Kier molecular flexibility index (Phi) is 2.78. The first kappa shape index (κ1) is 9.86. The van der Waals surface area contributed by atoms with Crippen molar-refractivity contribution in [1.29, 1.82) is 0 Å². The van der Waals surface area contributed by atoms with Crippen LogP contribution in [0.15, 0.2) is 30.3 Å². The lowest BCUT2D eigenvalue weighted by Crippen LogP contribution is -2.15. The van der Waals surface area contributed by atoms with E-state index in [9.17, 15) is 9.59 Å². The van der Waals surface area contributed by atoms with Crippen molar-refractivity contribution in [2.24, 2.45) is 0 Å². The standard InChI is InChI=1S/C11H11NO3/c13-10(8-4-2-1-3-5-8)6-9-7-11(14)12-15-9/h1-5,9H,6-7H2,(H,12,14). The summed E-state index contributed by atoms with van der Waals surface area (Å²) in [6.07, 6.45) is 0.173. The van der Waals surface area contributed by atoms with Gasteiger partial charge in [0.25, 0.3) is 0 Å². The van der Waals surface area contributed by atoms with Gasteiger partial charge < -0.3 is 0 Å². The number of carbonyl (C=O) groups is 2. The number of hydrogen-bond donors (Lipinski definition) is 1. The summed E-state index contributed by atoms with van der Waals surface area (Å²) in [7, 11) is 0. The van der Waals surface area contributed by atoms with E-state index in [1.54, 1.807) is 12.1 Å². The lowest BCUT2D eigenvalue weighted by atomic mass is 10.0. The van der Waals surface area contributed by atoms with Crippen LogP contribution in [0.25, 0.3) is 0 Å². The minimum Gasteiger partial charge on any atom is -0.294 e. The summed E-state index contributed by atoms with van der Waals surface area (Å²) in [5.41, 5.74) is 2.89. The quantitative estimate of drug-likeness (QED) is 0.751. The van der Waals surface area contributed by atoms with Gasteiger partial charge in [-0.25, -0.2) is 5.48 Å². The third kappa shape index (κ3) is 2.41. The highest BCUT2D eigenvalue weighted by Gasteiger charge is 2.25. The van der Waals surface area contributed by atoms with Gasteiger partial charge in [-0.2, -0.15) is 0 Å². The maximum atomic E-state index is 11.7. The lowest BCUT2D eigenvalue weighted by molar-refractivity contribution is -0.124. The molecule has 1 aromatic rings. The van der Waals surface area contributed by atoms with E-state index in [1.165, 1.54) is 0 Å². The predicted octanol–water partition coefficient (Wildman–Crippen LogP) is 1.08. The molecule has 1 heterocycles. The lowest BCUT2D eigenvalue weighted by Gasteiger charge is -2.05. The van der Waals surface area contributed by atoms with Gasteiger partial charge in [0.2, 0.25) is 5.91 Å². The van der Waals surface area contributed by atoms with Crippen molar-refractivity contribution in [3.8, 4) is 0 Å². The Morgan fingerprint density at radius 3 is 2.73 bits per heavy atom. The average Bonchev–Trinajstić information content (AvgIpc) is 2.65. The molecule has 0 radical (unpaired) electrons. The molecule has 0 bridgehead atoms. The van der Waals surface area contributed by atoms with Crippen LogP contribution >= 0.6 is 0 Å². The van der Waals surface area contributed by atoms with Gasteiger partial charge >= 0.3 is 0 Å². The topological polar surface area (TPSA) is 55.4 Å². The number of amides is 1. The second kappa shape index (κ2) is 4.23. The molecule has 1 atom stereocenters. The van der Waals surface area contributed by atoms with Crippen molar-refractivity contribution in [1.82, 2.24) is 5.48 Å². The number of rotatable bonds is 3. The summed E-state index contributed by atoms with van der Waals surface area (Å²) in [6.45, 7) is 0. The van der Waals surface area contributed by atoms with Crippen LogP contribution in [0.1, 0.15) is 23.2 Å². The summed E-state index contributed by atoms with van der Waals surface area (Å²) < 4.78 is 0. The van der Waals surface area contributed by atoms with E-state index in [2.05, 4.69) is 5.48 Å². The third-order valence-corrected chi connectivity index (χ3v) is 2.26. The second-order valence-electron chi connectivity index (χ2n) is 3.46. The zero-order valence-corrected chi connectivity index (χ0v) is 8.10. The second-order valence-corrected chi connectivity index (χ2v) is 3.46. The molecule has 0 aliphatic carbocycles. The summed E-state index contributed by atoms with van der Waals surface area (Å²) in [5.74, 6) is -0.169. The van der Waals surface area contributed by atoms with Gasteiger partial charge in [0.15, 0.2) is 5.78 Å². The van der Waals surface area contributed by atoms with Gasteiger partial charge in [-0.15, -0.1) is 0 Å². The molecule has 1 saturated heterocycles. The van der Waals surface area contributed by atoms with Gasteiger partial charge in [-0.05, 0) is 0 Å². The van der Waals surface area contributed by atoms with Crippen LogP contribution in [0.5, 0.6) is 0 Å². The molecule has 4 heteroatoms. The minimum atomic E-state index is -0.329. The minimum absolute atomic E-state index is 0.00269. The van der Waals surface area contributed by atoms with Crippen molar-refractivity contribution < 1.29 is 14.4 Å². The van der Waals surface area contributed by atoms with E-state index in [-0.39, 0.29) is 30.6 Å². The molecule has 1 aliphatic rings. The van der Waals surface area contributed by atoms with Gasteiger partial charge in [0.05, 0.1) is 6.42 Å². The number of hydroxylamine groups is 1. The largest absolute Gasteiger partial charge is 0.294 e. The van der Waals surface area contributed by atoms with Crippen LogP contribution in [-0.2, 0) is 9.63 Å². The summed E-state index contributed by atoms with van der Waals surface area (Å²) in [4.78, 5) is 27.4. The molecule has 1 aromatic carbocycles. The Morgan fingerprint density at radius 2 is 2.13 bits per heavy atom. The normalized spacial score (nSPS) is 20.0. The number of Topliss-reactive ketones (excluding diaryl/α,β-unsaturated/α-hetero) is 1. The highest BCUT2D eigenvalue weighted by Crippen LogP contribution is 2.13. The highest BCUT2D eigenvalue weighted by atomic mass is 16.7. The summed E-state index contributed by atoms with van der Waals surface area (Å²) in [5, 5.41) is 0. The van der Waals surface area contributed by atoms with Crippen LogP contribution in [0.3, 0.4) is 0 Å². The molecule has 1 aliphatic heterocycles. The first-order valence-electron chi connectivity index (χ1n) is 4.78. The highest BCUT2D eigenvalue weighted by molar-refractivity contribution is 5.96. The fourth-order valence-electron chi connectivity index (χ4n) is 1.50. The van der Waals surface area contributed by atoms with E-state index < -0.39 is 0 Å². The monoisotopic (exact) mass is 205 g/mol. The fraction of sp³-hybridized carbons (Fsp3) is 0.273. The van der Waals surface area contributed by atoms with E-state index in [0.717, 1.165) is 0 Å². The van der Waals surface area contributed by atoms with Crippen molar-refractivity contribution in [2.45, 2.75) is 18.9 Å². The van der Waals surface area contributed by atoms with Gasteiger partial charge in [-0.3, -0.25) is 14.4 Å². The van der Waals surface area contributed by atoms with E-state index in [0.29, 0.717) is 5.56 Å². The molecule has 0 aromatic heterocycles. The Labute approximate surface area is 87.2 Å². The van der Waals surface area contributed by atoms with E-state index >= 15 is 0 Å². The summed E-state index contributed by atoms with van der Waals surface area (Å²) in [6, 6.07) is 8.99. The molecule has 1 N–H and O–H groups in total. The van der Waals surface area contributed by atoms with Crippen LogP contribution in [0.4, 0.5) is 0 Å². The fourth-order valence-corrected chi connectivity index (χ4v) is 1.50. The van der Waals surface area contributed by atoms with Crippen molar-refractivity contribution in [3.05, 3.63) is 35.9 Å². The third-order valence-electron chi connectivity index (χ3n) is 2.26. The SMILES string of the molecule is O=C1CC(CC(=O)c2ccccc2)ON1. The number of nitrogens with one attached hydrogen (secondary N) is 1. The van der Waals surface area contributed by atoms with Gasteiger partial charge in [0, 0.05) is 12.0 Å². The van der Waals surface area contributed by atoms with Crippen molar-refractivity contribution in [2.75, 3.05) is 0 Å². The molecule has 1 unspecified atom stereocenters. The Bertz CT molecular complexity index is 375. The molecular weight excluding hydrogens is 194 g/mol. The van der Waals surface area contributed by atoms with Crippen LogP contribution in [-0.4, -0.2) is 17.8 Å². The van der Waals surface area contributed by atoms with Crippen LogP contribution in [0, 0.1) is 0 Å². The molecular formula is C11H11NO3. The number of carbonyl (C=O) groups excluding carboxylic acids is 2. The summed E-state index contributed by atoms with van der Waals surface area (Å²) >= 11 is 0. The molecule has 4 nitrogen and oxygen atoms in total. The maximum Gasteiger partial charge on any atom is 0.246 e. The van der Waals surface area contributed by atoms with Crippen molar-refractivity contribution >= 4 is 11.7 Å². The average molecular weight is 205 g/mol. The molecule has 15 heavy (non-hydrogen) atoms. The van der Waals surface area contributed by atoms with Crippen molar-refractivity contribution in [3.63, 3.8) is 0 Å². The zero-order chi connectivity index (χ0) is 10.7. The maximum absolute atomic E-state index is 11.7. The molecule has 0 saturated carbocycles. The molecule has 0 spiro atoms. The Hall–Kier alpha value is -1.68. The van der Waals surface area contributed by atoms with Crippen LogP contribution in [0.2, 0.25) is 0 Å². The van der Waals surface area contributed by atoms with E-state index in [4.69, 9.17) is 4.84 Å². The van der Waals surface area contributed by atoms with Gasteiger partial charge in [-0.1, -0.05) is 30.3 Å². The first-order chi connectivity index (χ1) is 7.25. The first-order valence-corrected chi connectivity index (χ1v) is 4.78. The molecule has 1 fully saturated rings. The smallest absolute Gasteiger partial charge is 0.246 e. The molecule has 1 amide bonds. The Balaban J connectivity index is 1.96. The number of ketones is 1. The van der Waals surface area contributed by atoms with Gasteiger partial charge in [0.1, 0.15) is 6.10 Å². The number of benzene rings is 1. The van der Waals surface area contributed by atoms with E-state index in [1.807, 2.05) is 18.2 Å². The zero-order valence-electron chi connectivity index (χ0n) is 8.10. The Morgan fingerprint density at radius 1 is 1.40 bits per heavy atom. The molecule has 78 valence electrons. The van der Waals surface area contributed by atoms with Crippen LogP contribution < -0.4 is 5.48 Å². The number of hydrogen-bond acceptors (Lipinski definition) is 3. The predicted molar refractivity (Wildman–Crippen MR) is 53.0 cm³/mol.